The predicted molar refractivity (Wildman–Crippen MR) is 132 cm³/mol. The SMILES string of the molecule is COc1cc(/C=N\NC(=O)c2ccccc2NC(=O)c2ccco2)ccc1OCc1ccc(F)cc1. The largest absolute Gasteiger partial charge is 0.493 e. The molecule has 4 aromatic rings. The number of methoxy groups -OCH3 is 1. The third kappa shape index (κ3) is 6.15. The molecular weight excluding hydrogens is 465 g/mol. The number of carbonyl (C=O) groups excluding carboxylic acids is 2. The van der Waals surface area contributed by atoms with E-state index < -0.39 is 11.8 Å². The van der Waals surface area contributed by atoms with Gasteiger partial charge >= 0.3 is 0 Å². The molecule has 0 aliphatic carbocycles. The number of ether oxygens (including phenoxy) is 2. The maximum atomic E-state index is 13.1. The standard InChI is InChI=1S/C27H22FN3O5/c1-34-25-15-19(10-13-23(25)36-17-18-8-11-20(28)12-9-18)16-29-31-26(32)21-5-2-3-6-22(21)30-27(33)24-7-4-14-35-24/h2-16H,17H2,1H3,(H,30,33)(H,31,32)/b29-16-. The number of para-hydroxylation sites is 1. The van der Waals surface area contributed by atoms with Gasteiger partial charge < -0.3 is 19.2 Å². The number of nitrogens with zero attached hydrogens (tertiary/aromatic N) is 1. The fourth-order valence-corrected chi connectivity index (χ4v) is 3.23. The molecule has 0 atom stereocenters. The molecule has 2 N–H and O–H groups in total. The van der Waals surface area contributed by atoms with Gasteiger partial charge in [-0.25, -0.2) is 9.82 Å². The summed E-state index contributed by atoms with van der Waals surface area (Å²) in [6.45, 7) is 0.246. The zero-order chi connectivity index (χ0) is 25.3. The molecule has 0 saturated carbocycles. The van der Waals surface area contributed by atoms with E-state index in [1.54, 1.807) is 60.7 Å². The smallest absolute Gasteiger partial charge is 0.291 e. The van der Waals surface area contributed by atoms with Crippen LogP contribution in [0, 0.1) is 5.82 Å². The molecule has 2 amide bonds. The summed E-state index contributed by atoms with van der Waals surface area (Å²) in [7, 11) is 1.51. The minimum absolute atomic E-state index is 0.127. The highest BCUT2D eigenvalue weighted by Gasteiger charge is 2.15. The van der Waals surface area contributed by atoms with Crippen molar-refractivity contribution in [3.05, 3.63) is 113 Å². The molecule has 0 aliphatic heterocycles. The second kappa shape index (κ2) is 11.5. The Kier molecular flexibility index (Phi) is 7.72. The first-order chi connectivity index (χ1) is 17.5. The number of nitrogens with one attached hydrogen (secondary N) is 2. The van der Waals surface area contributed by atoms with Crippen molar-refractivity contribution in [2.45, 2.75) is 6.61 Å². The van der Waals surface area contributed by atoms with Crippen molar-refractivity contribution in [1.82, 2.24) is 5.43 Å². The Morgan fingerprint density at radius 2 is 1.78 bits per heavy atom. The Morgan fingerprint density at radius 1 is 0.972 bits per heavy atom. The van der Waals surface area contributed by atoms with Gasteiger partial charge in [0.05, 0.1) is 30.8 Å². The van der Waals surface area contributed by atoms with Gasteiger partial charge in [-0.1, -0.05) is 24.3 Å². The predicted octanol–water partition coefficient (Wildman–Crippen LogP) is 5.02. The third-order valence-electron chi connectivity index (χ3n) is 5.04. The van der Waals surface area contributed by atoms with Crippen LogP contribution in [0.4, 0.5) is 10.1 Å². The molecule has 0 unspecified atom stereocenters. The zero-order valence-corrected chi connectivity index (χ0v) is 19.2. The number of furan rings is 1. The second-order valence-corrected chi connectivity index (χ2v) is 7.50. The van der Waals surface area contributed by atoms with Crippen molar-refractivity contribution in [2.24, 2.45) is 5.10 Å². The number of hydrazone groups is 1. The molecule has 8 nitrogen and oxygen atoms in total. The van der Waals surface area contributed by atoms with E-state index in [9.17, 15) is 14.0 Å². The Hall–Kier alpha value is -4.92. The lowest BCUT2D eigenvalue weighted by molar-refractivity contribution is 0.0956. The van der Waals surface area contributed by atoms with Crippen molar-refractivity contribution in [1.29, 1.82) is 0 Å². The molecule has 0 saturated heterocycles. The van der Waals surface area contributed by atoms with Gasteiger partial charge in [0, 0.05) is 0 Å². The van der Waals surface area contributed by atoms with Crippen LogP contribution >= 0.6 is 0 Å². The van der Waals surface area contributed by atoms with Crippen molar-refractivity contribution >= 4 is 23.7 Å². The topological polar surface area (TPSA) is 102 Å². The molecular formula is C27H22FN3O5. The molecule has 36 heavy (non-hydrogen) atoms. The minimum atomic E-state index is -0.507. The van der Waals surface area contributed by atoms with Crippen LogP contribution in [0.2, 0.25) is 0 Å². The van der Waals surface area contributed by atoms with Crippen LogP contribution in [0.3, 0.4) is 0 Å². The summed E-state index contributed by atoms with van der Waals surface area (Å²) >= 11 is 0. The van der Waals surface area contributed by atoms with Crippen LogP contribution in [0.1, 0.15) is 32.0 Å². The van der Waals surface area contributed by atoms with E-state index in [1.165, 1.54) is 37.8 Å². The average Bonchev–Trinajstić information content (AvgIpc) is 3.44. The second-order valence-electron chi connectivity index (χ2n) is 7.50. The molecule has 3 aromatic carbocycles. The Morgan fingerprint density at radius 3 is 2.53 bits per heavy atom. The normalized spacial score (nSPS) is 10.7. The molecule has 1 aromatic heterocycles. The van der Waals surface area contributed by atoms with Crippen LogP contribution in [-0.4, -0.2) is 25.1 Å². The van der Waals surface area contributed by atoms with Crippen LogP contribution < -0.4 is 20.2 Å². The van der Waals surface area contributed by atoms with Crippen molar-refractivity contribution < 1.29 is 27.9 Å². The molecule has 0 aliphatic rings. The van der Waals surface area contributed by atoms with Crippen LogP contribution in [-0.2, 0) is 6.61 Å². The molecule has 0 bridgehead atoms. The first-order valence-corrected chi connectivity index (χ1v) is 10.9. The number of halogens is 1. The summed E-state index contributed by atoms with van der Waals surface area (Å²) in [6.07, 6.45) is 2.84. The van der Waals surface area contributed by atoms with Gasteiger partial charge in [0.1, 0.15) is 12.4 Å². The fourth-order valence-electron chi connectivity index (χ4n) is 3.23. The highest BCUT2D eigenvalue weighted by molar-refractivity contribution is 6.08. The third-order valence-corrected chi connectivity index (χ3v) is 5.04. The lowest BCUT2D eigenvalue weighted by Gasteiger charge is -2.11. The van der Waals surface area contributed by atoms with Gasteiger partial charge in [0.25, 0.3) is 11.8 Å². The van der Waals surface area contributed by atoms with E-state index in [2.05, 4.69) is 15.8 Å². The highest BCUT2D eigenvalue weighted by Crippen LogP contribution is 2.28. The van der Waals surface area contributed by atoms with E-state index >= 15 is 0 Å². The van der Waals surface area contributed by atoms with E-state index in [4.69, 9.17) is 13.9 Å². The quantitative estimate of drug-likeness (QED) is 0.255. The van der Waals surface area contributed by atoms with Gasteiger partial charge in [0.2, 0.25) is 0 Å². The number of rotatable bonds is 9. The summed E-state index contributed by atoms with van der Waals surface area (Å²) in [5.41, 5.74) is 4.47. The maximum Gasteiger partial charge on any atom is 0.291 e. The Labute approximate surface area is 206 Å². The Bertz CT molecular complexity index is 1370. The van der Waals surface area contributed by atoms with Crippen molar-refractivity contribution in [3.63, 3.8) is 0 Å². The first-order valence-electron chi connectivity index (χ1n) is 10.9. The van der Waals surface area contributed by atoms with Crippen molar-refractivity contribution in [2.75, 3.05) is 12.4 Å². The van der Waals surface area contributed by atoms with Gasteiger partial charge in [-0.05, 0) is 65.7 Å². The number of carbonyl (C=O) groups is 2. The maximum absolute atomic E-state index is 13.1. The molecule has 0 fully saturated rings. The van der Waals surface area contributed by atoms with Crippen LogP contribution in [0.25, 0.3) is 0 Å². The monoisotopic (exact) mass is 487 g/mol. The molecule has 4 rings (SSSR count). The van der Waals surface area contributed by atoms with Gasteiger partial charge in [-0.15, -0.1) is 0 Å². The lowest BCUT2D eigenvalue weighted by atomic mass is 10.1. The van der Waals surface area contributed by atoms with Gasteiger partial charge in [0.15, 0.2) is 17.3 Å². The highest BCUT2D eigenvalue weighted by atomic mass is 19.1. The summed E-state index contributed by atoms with van der Waals surface area (Å²) in [4.78, 5) is 24.9. The molecule has 9 heteroatoms. The minimum Gasteiger partial charge on any atom is -0.493 e. The number of anilines is 1. The van der Waals surface area contributed by atoms with E-state index in [0.717, 1.165) is 5.56 Å². The lowest BCUT2D eigenvalue weighted by Crippen LogP contribution is -2.21. The van der Waals surface area contributed by atoms with E-state index in [1.807, 2.05) is 0 Å². The molecule has 182 valence electrons. The zero-order valence-electron chi connectivity index (χ0n) is 19.2. The molecule has 0 spiro atoms. The number of benzene rings is 3. The molecule has 1 heterocycles. The van der Waals surface area contributed by atoms with Crippen LogP contribution in [0.5, 0.6) is 11.5 Å². The summed E-state index contributed by atoms with van der Waals surface area (Å²) in [5.74, 6) is -0.190. The number of hydrogen-bond acceptors (Lipinski definition) is 6. The summed E-state index contributed by atoms with van der Waals surface area (Å²) < 4.78 is 29.3. The average molecular weight is 487 g/mol. The van der Waals surface area contributed by atoms with Crippen molar-refractivity contribution in [3.8, 4) is 11.5 Å². The number of hydrogen-bond donors (Lipinski definition) is 2. The van der Waals surface area contributed by atoms with E-state index in [0.29, 0.717) is 22.7 Å². The van der Waals surface area contributed by atoms with Gasteiger partial charge in [-0.3, -0.25) is 9.59 Å². The molecule has 0 radical (unpaired) electrons. The first kappa shape index (κ1) is 24.2. The Balaban J connectivity index is 1.38. The fraction of sp³-hybridized carbons (Fsp3) is 0.0741. The summed E-state index contributed by atoms with van der Waals surface area (Å²) in [6, 6.07) is 20.9. The summed E-state index contributed by atoms with van der Waals surface area (Å²) in [5, 5.41) is 6.66. The number of amides is 2. The van der Waals surface area contributed by atoms with Crippen LogP contribution in [0.15, 0.2) is 94.6 Å². The van der Waals surface area contributed by atoms with Gasteiger partial charge in [-0.2, -0.15) is 5.10 Å². The van der Waals surface area contributed by atoms with E-state index in [-0.39, 0.29) is 23.7 Å².